The van der Waals surface area contributed by atoms with Crippen molar-refractivity contribution in [1.29, 1.82) is 0 Å². The van der Waals surface area contributed by atoms with Crippen molar-refractivity contribution in [2.45, 2.75) is 12.5 Å². The summed E-state index contributed by atoms with van der Waals surface area (Å²) in [5, 5.41) is 16.1. The predicted molar refractivity (Wildman–Crippen MR) is 74.7 cm³/mol. The quantitative estimate of drug-likeness (QED) is 0.820. The molecule has 0 bridgehead atoms. The number of aliphatic hydroxyl groups excluding tert-OH is 1. The largest absolute Gasteiger partial charge is 0.396 e. The number of nitrogens with zero attached hydrogens (tertiary/aromatic N) is 2. The fourth-order valence-electron chi connectivity index (χ4n) is 1.39. The van der Waals surface area contributed by atoms with Crippen LogP contribution in [0, 0.1) is 0 Å². The van der Waals surface area contributed by atoms with Crippen LogP contribution >= 0.6 is 27.7 Å². The second kappa shape index (κ2) is 7.03. The molecule has 1 aromatic heterocycles. The van der Waals surface area contributed by atoms with Gasteiger partial charge in [-0.05, 0) is 28.6 Å². The minimum atomic E-state index is -0.179. The molecule has 0 spiro atoms. The standard InChI is InChI=1S/C10H16BrN3O2S/c1-14-10(16)9(11)8(5-12-14)13-7(3-4-15)6-17-2/h5,7,13,15H,3-4,6H2,1-2H3/t7-/m1/s1. The first-order chi connectivity index (χ1) is 8.10. The van der Waals surface area contributed by atoms with E-state index in [0.29, 0.717) is 16.6 Å². The van der Waals surface area contributed by atoms with Gasteiger partial charge in [0.2, 0.25) is 0 Å². The van der Waals surface area contributed by atoms with Crippen molar-refractivity contribution >= 4 is 33.4 Å². The van der Waals surface area contributed by atoms with E-state index in [2.05, 4.69) is 26.3 Å². The van der Waals surface area contributed by atoms with Gasteiger partial charge in [-0.1, -0.05) is 0 Å². The van der Waals surface area contributed by atoms with Crippen molar-refractivity contribution in [1.82, 2.24) is 9.78 Å². The molecule has 0 saturated heterocycles. The fourth-order valence-corrected chi connectivity index (χ4v) is 2.51. The van der Waals surface area contributed by atoms with E-state index in [9.17, 15) is 4.79 Å². The average molecular weight is 322 g/mol. The van der Waals surface area contributed by atoms with E-state index in [1.807, 2.05) is 6.26 Å². The normalized spacial score (nSPS) is 12.5. The Hall–Kier alpha value is -0.530. The van der Waals surface area contributed by atoms with E-state index in [4.69, 9.17) is 5.11 Å². The fraction of sp³-hybridized carbons (Fsp3) is 0.600. The molecule has 1 rings (SSSR count). The maximum atomic E-state index is 11.6. The molecule has 0 amide bonds. The number of aromatic nitrogens is 2. The lowest BCUT2D eigenvalue weighted by atomic mass is 10.2. The topological polar surface area (TPSA) is 67.2 Å². The molecular formula is C10H16BrN3O2S. The number of anilines is 1. The molecule has 1 atom stereocenters. The number of nitrogens with one attached hydrogen (secondary N) is 1. The number of halogens is 1. The van der Waals surface area contributed by atoms with Crippen molar-refractivity contribution in [2.75, 3.05) is 23.9 Å². The monoisotopic (exact) mass is 321 g/mol. The number of aliphatic hydroxyl groups is 1. The minimum Gasteiger partial charge on any atom is -0.396 e. The number of thioether (sulfide) groups is 1. The Morgan fingerprint density at radius 3 is 3.00 bits per heavy atom. The zero-order chi connectivity index (χ0) is 12.8. The SMILES string of the molecule is CSC[C@@H](CCO)Nc1cnn(C)c(=O)c1Br. The van der Waals surface area contributed by atoms with Crippen LogP contribution in [0.25, 0.3) is 0 Å². The van der Waals surface area contributed by atoms with E-state index in [0.717, 1.165) is 5.75 Å². The molecule has 0 unspecified atom stereocenters. The van der Waals surface area contributed by atoms with Crippen LogP contribution in [0.3, 0.4) is 0 Å². The van der Waals surface area contributed by atoms with Gasteiger partial charge in [-0.2, -0.15) is 16.9 Å². The summed E-state index contributed by atoms with van der Waals surface area (Å²) in [4.78, 5) is 11.6. The van der Waals surface area contributed by atoms with Crippen LogP contribution in [-0.2, 0) is 7.05 Å². The highest BCUT2D eigenvalue weighted by Gasteiger charge is 2.12. The van der Waals surface area contributed by atoms with Crippen molar-refractivity contribution < 1.29 is 5.11 Å². The van der Waals surface area contributed by atoms with Gasteiger partial charge in [0, 0.05) is 25.4 Å². The maximum absolute atomic E-state index is 11.6. The van der Waals surface area contributed by atoms with Gasteiger partial charge in [-0.25, -0.2) is 4.68 Å². The molecule has 0 aliphatic heterocycles. The lowest BCUT2D eigenvalue weighted by Gasteiger charge is -2.18. The number of aryl methyl sites for hydroxylation is 1. The van der Waals surface area contributed by atoms with Gasteiger partial charge in [0.15, 0.2) is 0 Å². The van der Waals surface area contributed by atoms with E-state index in [1.54, 1.807) is 25.0 Å². The van der Waals surface area contributed by atoms with Crippen molar-refractivity contribution in [3.05, 3.63) is 21.0 Å². The highest BCUT2D eigenvalue weighted by molar-refractivity contribution is 9.10. The lowest BCUT2D eigenvalue weighted by Crippen LogP contribution is -2.27. The first-order valence-corrected chi connectivity index (χ1v) is 7.37. The number of rotatable bonds is 6. The van der Waals surface area contributed by atoms with Crippen molar-refractivity contribution in [2.24, 2.45) is 7.05 Å². The first kappa shape index (κ1) is 14.5. The van der Waals surface area contributed by atoms with Crippen molar-refractivity contribution in [3.8, 4) is 0 Å². The molecule has 5 nitrogen and oxygen atoms in total. The van der Waals surface area contributed by atoms with Crippen LogP contribution in [0.15, 0.2) is 15.5 Å². The molecule has 0 radical (unpaired) electrons. The van der Waals surface area contributed by atoms with Crippen molar-refractivity contribution in [3.63, 3.8) is 0 Å². The summed E-state index contributed by atoms with van der Waals surface area (Å²) in [6, 6.07) is 0.125. The zero-order valence-electron chi connectivity index (χ0n) is 9.81. The van der Waals surface area contributed by atoms with E-state index < -0.39 is 0 Å². The van der Waals surface area contributed by atoms with E-state index in [1.165, 1.54) is 4.68 Å². The van der Waals surface area contributed by atoms with Crippen LogP contribution < -0.4 is 10.9 Å². The Morgan fingerprint density at radius 2 is 2.41 bits per heavy atom. The van der Waals surface area contributed by atoms with Gasteiger partial charge >= 0.3 is 0 Å². The second-order valence-corrected chi connectivity index (χ2v) is 5.31. The van der Waals surface area contributed by atoms with Gasteiger partial charge in [-0.3, -0.25) is 4.79 Å². The Labute approximate surface area is 113 Å². The Bertz CT molecular complexity index is 419. The summed E-state index contributed by atoms with van der Waals surface area (Å²) < 4.78 is 1.74. The van der Waals surface area contributed by atoms with Crippen LogP contribution in [0.5, 0.6) is 0 Å². The molecule has 17 heavy (non-hydrogen) atoms. The van der Waals surface area contributed by atoms with Crippen LogP contribution in [0.4, 0.5) is 5.69 Å². The molecule has 1 heterocycles. The Morgan fingerprint density at radius 1 is 1.71 bits per heavy atom. The Kier molecular flexibility index (Phi) is 6.01. The average Bonchev–Trinajstić information content (AvgIpc) is 2.30. The highest BCUT2D eigenvalue weighted by Crippen LogP contribution is 2.18. The summed E-state index contributed by atoms with van der Waals surface area (Å²) in [6.07, 6.45) is 4.25. The summed E-state index contributed by atoms with van der Waals surface area (Å²) in [5.74, 6) is 0.863. The molecular weight excluding hydrogens is 306 g/mol. The minimum absolute atomic E-state index is 0.119. The summed E-state index contributed by atoms with van der Waals surface area (Å²) in [6.45, 7) is 0.119. The third-order valence-corrected chi connectivity index (χ3v) is 3.79. The first-order valence-electron chi connectivity index (χ1n) is 5.18. The van der Waals surface area contributed by atoms with Gasteiger partial charge in [0.25, 0.3) is 5.56 Å². The molecule has 96 valence electrons. The molecule has 7 heteroatoms. The number of hydrogen-bond acceptors (Lipinski definition) is 5. The van der Waals surface area contributed by atoms with E-state index >= 15 is 0 Å². The van der Waals surface area contributed by atoms with Gasteiger partial charge in [0.1, 0.15) is 4.47 Å². The zero-order valence-corrected chi connectivity index (χ0v) is 12.2. The van der Waals surface area contributed by atoms with Crippen LogP contribution in [0.1, 0.15) is 6.42 Å². The second-order valence-electron chi connectivity index (χ2n) is 3.61. The molecule has 0 saturated carbocycles. The predicted octanol–water partition coefficient (Wildman–Crippen LogP) is 1.07. The third kappa shape index (κ3) is 4.01. The number of hydrogen-bond donors (Lipinski definition) is 2. The summed E-state index contributed by atoms with van der Waals surface area (Å²) in [5.41, 5.74) is 0.488. The van der Waals surface area contributed by atoms with Gasteiger partial charge in [0.05, 0.1) is 11.9 Å². The van der Waals surface area contributed by atoms with Gasteiger partial charge < -0.3 is 10.4 Å². The van der Waals surface area contributed by atoms with Crippen LogP contribution in [-0.4, -0.2) is 39.5 Å². The Balaban J connectivity index is 2.86. The molecule has 0 fully saturated rings. The van der Waals surface area contributed by atoms with Gasteiger partial charge in [-0.15, -0.1) is 0 Å². The lowest BCUT2D eigenvalue weighted by molar-refractivity contribution is 0.282. The molecule has 0 aromatic carbocycles. The summed E-state index contributed by atoms with van der Waals surface area (Å²) in [7, 11) is 1.60. The highest BCUT2D eigenvalue weighted by atomic mass is 79.9. The smallest absolute Gasteiger partial charge is 0.282 e. The third-order valence-electron chi connectivity index (χ3n) is 2.28. The molecule has 2 N–H and O–H groups in total. The summed E-state index contributed by atoms with van der Waals surface area (Å²) >= 11 is 4.95. The molecule has 0 aliphatic carbocycles. The van der Waals surface area contributed by atoms with Crippen LogP contribution in [0.2, 0.25) is 0 Å². The molecule has 1 aromatic rings. The van der Waals surface area contributed by atoms with E-state index in [-0.39, 0.29) is 18.2 Å². The molecule has 0 aliphatic rings. The maximum Gasteiger partial charge on any atom is 0.282 e.